The molecule has 2 atom stereocenters. The van der Waals surface area contributed by atoms with Gasteiger partial charge in [0.05, 0.1) is 6.54 Å². The van der Waals surface area contributed by atoms with E-state index in [0.717, 1.165) is 19.3 Å². The van der Waals surface area contributed by atoms with Gasteiger partial charge in [-0.25, -0.2) is 0 Å². The van der Waals surface area contributed by atoms with Crippen molar-refractivity contribution in [3.63, 3.8) is 0 Å². The van der Waals surface area contributed by atoms with E-state index in [-0.39, 0.29) is 24.4 Å². The molecular weight excluding hydrogens is 252 g/mol. The molecule has 20 heavy (non-hydrogen) atoms. The maximum atomic E-state index is 12.2. The fourth-order valence-electron chi connectivity index (χ4n) is 3.52. The van der Waals surface area contributed by atoms with E-state index in [1.807, 2.05) is 11.0 Å². The van der Waals surface area contributed by atoms with Crippen LogP contribution >= 0.6 is 0 Å². The van der Waals surface area contributed by atoms with Crippen molar-refractivity contribution in [1.82, 2.24) is 10.2 Å². The zero-order valence-corrected chi connectivity index (χ0v) is 11.3. The van der Waals surface area contributed by atoms with Gasteiger partial charge in [-0.15, -0.1) is 0 Å². The van der Waals surface area contributed by atoms with Gasteiger partial charge >= 0.3 is 0 Å². The lowest BCUT2D eigenvalue weighted by Gasteiger charge is -2.40. The van der Waals surface area contributed by atoms with Crippen molar-refractivity contribution in [2.75, 3.05) is 13.1 Å². The number of amides is 2. The van der Waals surface area contributed by atoms with Crippen molar-refractivity contribution < 1.29 is 9.59 Å². The first-order chi connectivity index (χ1) is 9.74. The number of hydrogen-bond acceptors (Lipinski definition) is 2. The van der Waals surface area contributed by atoms with Gasteiger partial charge in [-0.2, -0.15) is 0 Å². The summed E-state index contributed by atoms with van der Waals surface area (Å²) in [5, 5.41) is 2.73. The summed E-state index contributed by atoms with van der Waals surface area (Å²) in [5.74, 6) is 0.905. The minimum Gasteiger partial charge on any atom is -0.345 e. The average molecular weight is 270 g/mol. The number of benzene rings is 1. The van der Waals surface area contributed by atoms with Crippen molar-refractivity contribution in [1.29, 1.82) is 0 Å². The van der Waals surface area contributed by atoms with E-state index in [0.29, 0.717) is 18.4 Å². The van der Waals surface area contributed by atoms with Gasteiger partial charge in [0.25, 0.3) is 0 Å². The van der Waals surface area contributed by atoms with Crippen LogP contribution < -0.4 is 5.32 Å². The molecule has 104 valence electrons. The van der Waals surface area contributed by atoms with Crippen LogP contribution in [0.15, 0.2) is 24.3 Å². The lowest BCUT2D eigenvalue weighted by Crippen LogP contribution is -2.60. The second-order valence-corrected chi connectivity index (χ2v) is 6.15. The van der Waals surface area contributed by atoms with E-state index >= 15 is 0 Å². The molecule has 4 nitrogen and oxygen atoms in total. The standard InChI is InChI=1S/C16H18N2O2/c19-14-8-17-16(20)15(10-5-6-10)18(14)9-12-7-11-3-1-2-4-13(11)12/h1-4,10,12,15H,5-9H2,(H,17,20). The molecule has 2 unspecified atom stereocenters. The van der Waals surface area contributed by atoms with Crippen LogP contribution in [0.25, 0.3) is 0 Å². The van der Waals surface area contributed by atoms with Gasteiger partial charge < -0.3 is 10.2 Å². The molecule has 0 radical (unpaired) electrons. The fourth-order valence-corrected chi connectivity index (χ4v) is 3.52. The van der Waals surface area contributed by atoms with Crippen LogP contribution in [-0.4, -0.2) is 35.8 Å². The number of carbonyl (C=O) groups is 2. The Labute approximate surface area is 118 Å². The van der Waals surface area contributed by atoms with E-state index in [1.54, 1.807) is 0 Å². The predicted molar refractivity (Wildman–Crippen MR) is 74.1 cm³/mol. The number of rotatable bonds is 3. The second kappa shape index (κ2) is 4.33. The highest BCUT2D eigenvalue weighted by molar-refractivity contribution is 5.95. The maximum absolute atomic E-state index is 12.2. The minimum atomic E-state index is -0.219. The largest absolute Gasteiger partial charge is 0.345 e. The van der Waals surface area contributed by atoms with Crippen molar-refractivity contribution in [2.24, 2.45) is 5.92 Å². The Kier molecular flexibility index (Phi) is 2.59. The fraction of sp³-hybridized carbons (Fsp3) is 0.500. The molecular formula is C16H18N2O2. The van der Waals surface area contributed by atoms with Gasteiger partial charge in [-0.05, 0) is 36.3 Å². The highest BCUT2D eigenvalue weighted by atomic mass is 16.2. The molecule has 4 rings (SSSR count). The molecule has 2 amide bonds. The van der Waals surface area contributed by atoms with E-state index in [2.05, 4.69) is 23.5 Å². The molecule has 1 aromatic rings. The van der Waals surface area contributed by atoms with Gasteiger partial charge in [-0.3, -0.25) is 9.59 Å². The van der Waals surface area contributed by atoms with Crippen LogP contribution in [0.5, 0.6) is 0 Å². The first-order valence-corrected chi connectivity index (χ1v) is 7.39. The number of fused-ring (bicyclic) bond motifs is 1. The maximum Gasteiger partial charge on any atom is 0.243 e. The molecule has 0 bridgehead atoms. The molecule has 2 fully saturated rings. The van der Waals surface area contributed by atoms with Gasteiger partial charge in [0.15, 0.2) is 0 Å². The van der Waals surface area contributed by atoms with E-state index in [4.69, 9.17) is 0 Å². The van der Waals surface area contributed by atoms with Crippen molar-refractivity contribution in [2.45, 2.75) is 31.2 Å². The van der Waals surface area contributed by atoms with Crippen molar-refractivity contribution >= 4 is 11.8 Å². The summed E-state index contributed by atoms with van der Waals surface area (Å²) in [6.45, 7) is 0.862. The SMILES string of the molecule is O=C1NCC(=O)N(CC2Cc3ccccc32)C1C1CC1. The molecule has 1 heterocycles. The monoisotopic (exact) mass is 270 g/mol. The molecule has 1 saturated heterocycles. The zero-order chi connectivity index (χ0) is 13.7. The van der Waals surface area contributed by atoms with Crippen molar-refractivity contribution in [3.8, 4) is 0 Å². The summed E-state index contributed by atoms with van der Waals surface area (Å²) in [6, 6.07) is 8.18. The lowest BCUT2D eigenvalue weighted by molar-refractivity contribution is -0.146. The predicted octanol–water partition coefficient (Wildman–Crippen LogP) is 1.06. The number of nitrogens with zero attached hydrogens (tertiary/aromatic N) is 1. The van der Waals surface area contributed by atoms with Crippen LogP contribution in [0.3, 0.4) is 0 Å². The third kappa shape index (κ3) is 1.82. The molecule has 1 aromatic carbocycles. The Morgan fingerprint density at radius 3 is 2.75 bits per heavy atom. The minimum absolute atomic E-state index is 0.0414. The quantitative estimate of drug-likeness (QED) is 0.893. The van der Waals surface area contributed by atoms with Gasteiger partial charge in [0.2, 0.25) is 11.8 Å². The Morgan fingerprint density at radius 2 is 2.00 bits per heavy atom. The molecule has 1 saturated carbocycles. The second-order valence-electron chi connectivity index (χ2n) is 6.15. The van der Waals surface area contributed by atoms with Crippen LogP contribution in [0.2, 0.25) is 0 Å². The molecule has 0 aromatic heterocycles. The molecule has 3 aliphatic rings. The first kappa shape index (κ1) is 11.9. The molecule has 4 heteroatoms. The Hall–Kier alpha value is -1.84. The lowest BCUT2D eigenvalue weighted by atomic mass is 9.77. The molecule has 1 N–H and O–H groups in total. The zero-order valence-electron chi connectivity index (χ0n) is 11.3. The number of carbonyl (C=O) groups excluding carboxylic acids is 2. The van der Waals surface area contributed by atoms with Crippen LogP contribution in [0.4, 0.5) is 0 Å². The van der Waals surface area contributed by atoms with Gasteiger partial charge in [0, 0.05) is 12.5 Å². The van der Waals surface area contributed by atoms with E-state index in [9.17, 15) is 9.59 Å². The first-order valence-electron chi connectivity index (χ1n) is 7.39. The van der Waals surface area contributed by atoms with Gasteiger partial charge in [-0.1, -0.05) is 24.3 Å². The number of piperazine rings is 1. The Bertz CT molecular complexity index is 580. The van der Waals surface area contributed by atoms with E-state index < -0.39 is 0 Å². The summed E-state index contributed by atoms with van der Waals surface area (Å²) in [5.41, 5.74) is 2.73. The van der Waals surface area contributed by atoms with Gasteiger partial charge in [0.1, 0.15) is 6.04 Å². The highest BCUT2D eigenvalue weighted by Crippen LogP contribution is 2.40. The normalized spacial score (nSPS) is 28.7. The van der Waals surface area contributed by atoms with Crippen LogP contribution in [0.1, 0.15) is 29.9 Å². The summed E-state index contributed by atoms with van der Waals surface area (Å²) in [6.07, 6.45) is 3.17. The third-order valence-corrected chi connectivity index (χ3v) is 4.79. The smallest absolute Gasteiger partial charge is 0.243 e. The summed E-state index contributed by atoms with van der Waals surface area (Å²) < 4.78 is 0. The summed E-state index contributed by atoms with van der Waals surface area (Å²) in [4.78, 5) is 26.1. The molecule has 1 aliphatic heterocycles. The number of hydrogen-bond donors (Lipinski definition) is 1. The Morgan fingerprint density at radius 1 is 1.20 bits per heavy atom. The molecule has 2 aliphatic carbocycles. The molecule has 0 spiro atoms. The third-order valence-electron chi connectivity index (χ3n) is 4.79. The van der Waals surface area contributed by atoms with E-state index in [1.165, 1.54) is 11.1 Å². The summed E-state index contributed by atoms with van der Waals surface area (Å²) >= 11 is 0. The summed E-state index contributed by atoms with van der Waals surface area (Å²) in [7, 11) is 0. The van der Waals surface area contributed by atoms with Crippen LogP contribution in [-0.2, 0) is 16.0 Å². The average Bonchev–Trinajstić information content (AvgIpc) is 3.24. The number of nitrogens with one attached hydrogen (secondary N) is 1. The van der Waals surface area contributed by atoms with Crippen molar-refractivity contribution in [3.05, 3.63) is 35.4 Å². The topological polar surface area (TPSA) is 49.4 Å². The highest BCUT2D eigenvalue weighted by Gasteiger charge is 2.45. The Balaban J connectivity index is 1.54. The van der Waals surface area contributed by atoms with Crippen LogP contribution in [0, 0.1) is 5.92 Å².